The van der Waals surface area contributed by atoms with Crippen LogP contribution in [0.15, 0.2) is 46.6 Å². The van der Waals surface area contributed by atoms with Crippen LogP contribution in [-0.2, 0) is 13.5 Å². The highest BCUT2D eigenvalue weighted by Crippen LogP contribution is 2.36. The average molecular weight is 340 g/mol. The van der Waals surface area contributed by atoms with Crippen LogP contribution in [0.25, 0.3) is 10.9 Å². The summed E-state index contributed by atoms with van der Waals surface area (Å²) in [6, 6.07) is 7.99. The zero-order chi connectivity index (χ0) is 16.5. The first kappa shape index (κ1) is 15.4. The standard InChI is InChI=1S/C18H20N4OS/c1-21-12-13(11-19-21)5-4-10-24-18-20-16-7-3-2-6-15(16)17(23)22(18)14-8-9-14/h2-3,6-7,11-12,14H,4-5,8-10H2,1H3. The van der Waals surface area contributed by atoms with Gasteiger partial charge in [0, 0.05) is 25.0 Å². The summed E-state index contributed by atoms with van der Waals surface area (Å²) in [6.45, 7) is 0. The predicted octanol–water partition coefficient (Wildman–Crippen LogP) is 3.19. The molecule has 5 nitrogen and oxygen atoms in total. The molecule has 0 saturated heterocycles. The van der Waals surface area contributed by atoms with E-state index in [1.165, 1.54) is 5.56 Å². The van der Waals surface area contributed by atoms with Crippen molar-refractivity contribution in [2.75, 3.05) is 5.75 Å². The van der Waals surface area contributed by atoms with Crippen LogP contribution in [-0.4, -0.2) is 25.1 Å². The number of aromatic nitrogens is 4. The van der Waals surface area contributed by atoms with Gasteiger partial charge in [-0.3, -0.25) is 14.0 Å². The van der Waals surface area contributed by atoms with Crippen LogP contribution in [0.4, 0.5) is 0 Å². The number of fused-ring (bicyclic) bond motifs is 1. The van der Waals surface area contributed by atoms with Gasteiger partial charge in [-0.25, -0.2) is 4.98 Å². The molecule has 6 heteroatoms. The summed E-state index contributed by atoms with van der Waals surface area (Å²) in [4.78, 5) is 17.5. The summed E-state index contributed by atoms with van der Waals surface area (Å²) in [5.74, 6) is 0.951. The van der Waals surface area contributed by atoms with E-state index >= 15 is 0 Å². The maximum Gasteiger partial charge on any atom is 0.262 e. The number of benzene rings is 1. The number of thioether (sulfide) groups is 1. The molecule has 0 unspecified atom stereocenters. The molecule has 1 aliphatic carbocycles. The van der Waals surface area contributed by atoms with Crippen LogP contribution in [0.5, 0.6) is 0 Å². The fourth-order valence-corrected chi connectivity index (χ4v) is 3.93. The Hall–Kier alpha value is -2.08. The average Bonchev–Trinajstić information content (AvgIpc) is 3.33. The van der Waals surface area contributed by atoms with Gasteiger partial charge in [-0.05, 0) is 43.4 Å². The minimum Gasteiger partial charge on any atom is -0.284 e. The molecular formula is C18H20N4OS. The number of hydrogen-bond donors (Lipinski definition) is 0. The highest BCUT2D eigenvalue weighted by molar-refractivity contribution is 7.99. The Bertz CT molecular complexity index is 926. The maximum absolute atomic E-state index is 12.8. The normalized spacial score (nSPS) is 14.4. The third kappa shape index (κ3) is 3.11. The van der Waals surface area contributed by atoms with Crippen molar-refractivity contribution in [1.29, 1.82) is 0 Å². The molecule has 4 rings (SSSR count). The van der Waals surface area contributed by atoms with Crippen LogP contribution >= 0.6 is 11.8 Å². The first-order valence-electron chi connectivity index (χ1n) is 8.34. The Labute approximate surface area is 144 Å². The lowest BCUT2D eigenvalue weighted by molar-refractivity contribution is 0.617. The topological polar surface area (TPSA) is 52.7 Å². The van der Waals surface area contributed by atoms with Crippen LogP contribution < -0.4 is 5.56 Å². The minimum atomic E-state index is 0.109. The van der Waals surface area contributed by atoms with E-state index < -0.39 is 0 Å². The van der Waals surface area contributed by atoms with Crippen molar-refractivity contribution in [3.8, 4) is 0 Å². The fraction of sp³-hybridized carbons (Fsp3) is 0.389. The Morgan fingerprint density at radius 3 is 2.88 bits per heavy atom. The highest BCUT2D eigenvalue weighted by Gasteiger charge is 2.28. The van der Waals surface area contributed by atoms with Crippen molar-refractivity contribution in [2.24, 2.45) is 7.05 Å². The van der Waals surface area contributed by atoms with Crippen molar-refractivity contribution < 1.29 is 0 Å². The second kappa shape index (κ2) is 6.43. The molecule has 0 radical (unpaired) electrons. The van der Waals surface area contributed by atoms with Crippen LogP contribution in [0.2, 0.25) is 0 Å². The molecule has 0 N–H and O–H groups in total. The van der Waals surface area contributed by atoms with Crippen molar-refractivity contribution in [1.82, 2.24) is 19.3 Å². The van der Waals surface area contributed by atoms with E-state index in [9.17, 15) is 4.79 Å². The smallest absolute Gasteiger partial charge is 0.262 e. The predicted molar refractivity (Wildman–Crippen MR) is 96.5 cm³/mol. The van der Waals surface area contributed by atoms with E-state index in [0.717, 1.165) is 47.5 Å². The van der Waals surface area contributed by atoms with Gasteiger partial charge in [-0.15, -0.1) is 0 Å². The summed E-state index contributed by atoms with van der Waals surface area (Å²) < 4.78 is 3.75. The molecule has 1 aromatic carbocycles. The van der Waals surface area contributed by atoms with Gasteiger partial charge < -0.3 is 0 Å². The van der Waals surface area contributed by atoms with Gasteiger partial charge in [0.05, 0.1) is 17.1 Å². The molecule has 0 spiro atoms. The lowest BCUT2D eigenvalue weighted by Crippen LogP contribution is -2.22. The second-order valence-corrected chi connectivity index (χ2v) is 7.35. The zero-order valence-corrected chi connectivity index (χ0v) is 14.5. The number of rotatable bonds is 6. The van der Waals surface area contributed by atoms with E-state index in [-0.39, 0.29) is 5.56 Å². The number of hydrogen-bond acceptors (Lipinski definition) is 4. The first-order chi connectivity index (χ1) is 11.7. The third-order valence-electron chi connectivity index (χ3n) is 4.29. The molecule has 0 bridgehead atoms. The fourth-order valence-electron chi connectivity index (χ4n) is 2.92. The van der Waals surface area contributed by atoms with Crippen molar-refractivity contribution in [3.05, 3.63) is 52.6 Å². The molecule has 2 aromatic heterocycles. The molecule has 1 aliphatic rings. The van der Waals surface area contributed by atoms with Gasteiger partial charge >= 0.3 is 0 Å². The lowest BCUT2D eigenvalue weighted by Gasteiger charge is -2.12. The highest BCUT2D eigenvalue weighted by atomic mass is 32.2. The molecule has 24 heavy (non-hydrogen) atoms. The van der Waals surface area contributed by atoms with E-state index in [1.807, 2.05) is 46.8 Å². The number of nitrogens with zero attached hydrogens (tertiary/aromatic N) is 4. The number of aryl methyl sites for hydroxylation is 2. The van der Waals surface area contributed by atoms with E-state index in [1.54, 1.807) is 11.8 Å². The Morgan fingerprint density at radius 2 is 2.12 bits per heavy atom. The monoisotopic (exact) mass is 340 g/mol. The zero-order valence-electron chi connectivity index (χ0n) is 13.7. The van der Waals surface area contributed by atoms with Gasteiger partial charge in [0.1, 0.15) is 0 Å². The quantitative estimate of drug-likeness (QED) is 0.393. The molecule has 2 heterocycles. The summed E-state index contributed by atoms with van der Waals surface area (Å²) in [7, 11) is 1.94. The summed E-state index contributed by atoms with van der Waals surface area (Å²) in [5, 5.41) is 5.79. The van der Waals surface area contributed by atoms with Crippen molar-refractivity contribution >= 4 is 22.7 Å². The largest absolute Gasteiger partial charge is 0.284 e. The van der Waals surface area contributed by atoms with Crippen LogP contribution in [0.3, 0.4) is 0 Å². The minimum absolute atomic E-state index is 0.109. The van der Waals surface area contributed by atoms with Crippen molar-refractivity contribution in [2.45, 2.75) is 36.9 Å². The van der Waals surface area contributed by atoms with E-state index in [2.05, 4.69) is 11.3 Å². The molecule has 1 fully saturated rings. The molecule has 0 atom stereocenters. The second-order valence-electron chi connectivity index (χ2n) is 6.29. The van der Waals surface area contributed by atoms with E-state index in [0.29, 0.717) is 6.04 Å². The molecule has 0 amide bonds. The maximum atomic E-state index is 12.8. The van der Waals surface area contributed by atoms with Crippen molar-refractivity contribution in [3.63, 3.8) is 0 Å². The van der Waals surface area contributed by atoms with Gasteiger partial charge in [0.25, 0.3) is 5.56 Å². The Kier molecular flexibility index (Phi) is 4.14. The van der Waals surface area contributed by atoms with E-state index in [4.69, 9.17) is 4.98 Å². The van der Waals surface area contributed by atoms with Gasteiger partial charge in [-0.2, -0.15) is 5.10 Å². The van der Waals surface area contributed by atoms with Gasteiger partial charge in [0.2, 0.25) is 0 Å². The molecule has 3 aromatic rings. The Balaban J connectivity index is 1.52. The lowest BCUT2D eigenvalue weighted by atomic mass is 10.2. The Morgan fingerprint density at radius 1 is 1.29 bits per heavy atom. The van der Waals surface area contributed by atoms with Gasteiger partial charge in [0.15, 0.2) is 5.16 Å². The molecular weight excluding hydrogens is 320 g/mol. The molecule has 124 valence electrons. The van der Waals surface area contributed by atoms with Crippen LogP contribution in [0, 0.1) is 0 Å². The summed E-state index contributed by atoms with van der Waals surface area (Å²) >= 11 is 1.70. The molecule has 0 aliphatic heterocycles. The summed E-state index contributed by atoms with van der Waals surface area (Å²) in [5.41, 5.74) is 2.16. The molecule has 1 saturated carbocycles. The SMILES string of the molecule is Cn1cc(CCCSc2nc3ccccc3c(=O)n2C2CC2)cn1. The number of para-hydroxylation sites is 1. The summed E-state index contributed by atoms with van der Waals surface area (Å²) in [6.07, 6.45) is 8.19. The van der Waals surface area contributed by atoms with Gasteiger partial charge in [-0.1, -0.05) is 23.9 Å². The first-order valence-corrected chi connectivity index (χ1v) is 9.32. The third-order valence-corrected chi connectivity index (χ3v) is 5.33. The van der Waals surface area contributed by atoms with Crippen LogP contribution in [0.1, 0.15) is 30.9 Å².